The number of carbonyl (C=O) groups is 1. The third-order valence-electron chi connectivity index (χ3n) is 3.32. The minimum atomic E-state index is -0.0280. The summed E-state index contributed by atoms with van der Waals surface area (Å²) in [7, 11) is 0. The summed E-state index contributed by atoms with van der Waals surface area (Å²) in [6, 6.07) is 11.5. The van der Waals surface area contributed by atoms with Gasteiger partial charge in [-0.25, -0.2) is 0 Å². The smallest absolute Gasteiger partial charge is 0.224 e. The summed E-state index contributed by atoms with van der Waals surface area (Å²) in [5.74, 6) is -0.0280. The van der Waals surface area contributed by atoms with Crippen molar-refractivity contribution in [2.75, 3.05) is 5.32 Å². The summed E-state index contributed by atoms with van der Waals surface area (Å²) in [6.07, 6.45) is 0.934. The molecular formula is C17H17Cl2NO. The highest BCUT2D eigenvalue weighted by atomic mass is 35.5. The van der Waals surface area contributed by atoms with Crippen LogP contribution in [0.4, 0.5) is 5.69 Å². The van der Waals surface area contributed by atoms with E-state index in [1.807, 2.05) is 44.2 Å². The van der Waals surface area contributed by atoms with Crippen LogP contribution in [0.3, 0.4) is 0 Å². The fraction of sp³-hybridized carbons (Fsp3) is 0.235. The van der Waals surface area contributed by atoms with Crippen molar-refractivity contribution < 1.29 is 4.79 Å². The molecule has 1 N–H and O–H groups in total. The first kappa shape index (κ1) is 15.9. The lowest BCUT2D eigenvalue weighted by Crippen LogP contribution is -2.13. The molecule has 0 spiro atoms. The highest BCUT2D eigenvalue weighted by Crippen LogP contribution is 2.26. The summed E-state index contributed by atoms with van der Waals surface area (Å²) in [4.78, 5) is 12.1. The van der Waals surface area contributed by atoms with Crippen molar-refractivity contribution in [3.8, 4) is 0 Å². The molecule has 110 valence electrons. The monoisotopic (exact) mass is 321 g/mol. The molecule has 1 amide bonds. The standard InChI is InChI=1S/C17H17Cl2NO/c1-11-6-7-12(2)15(10-11)20-16(21)9-8-13-4-3-5-14(18)17(13)19/h3-7,10H,8-9H2,1-2H3,(H,20,21). The second-order valence-electron chi connectivity index (χ2n) is 5.08. The zero-order valence-electron chi connectivity index (χ0n) is 12.0. The summed E-state index contributed by atoms with van der Waals surface area (Å²) < 4.78 is 0. The quantitative estimate of drug-likeness (QED) is 0.825. The molecule has 2 aromatic carbocycles. The van der Waals surface area contributed by atoms with Gasteiger partial charge in [0, 0.05) is 12.1 Å². The van der Waals surface area contributed by atoms with Crippen molar-refractivity contribution in [1.29, 1.82) is 0 Å². The maximum absolute atomic E-state index is 12.1. The molecule has 21 heavy (non-hydrogen) atoms. The molecule has 0 aliphatic rings. The van der Waals surface area contributed by atoms with Crippen molar-refractivity contribution in [2.45, 2.75) is 26.7 Å². The molecule has 0 heterocycles. The molecule has 0 aliphatic carbocycles. The fourth-order valence-corrected chi connectivity index (χ4v) is 2.49. The Kier molecular flexibility index (Phi) is 5.27. The van der Waals surface area contributed by atoms with E-state index in [-0.39, 0.29) is 5.91 Å². The highest BCUT2D eigenvalue weighted by molar-refractivity contribution is 6.42. The molecule has 0 saturated heterocycles. The van der Waals surface area contributed by atoms with Gasteiger partial charge in [-0.15, -0.1) is 0 Å². The van der Waals surface area contributed by atoms with Gasteiger partial charge in [0.1, 0.15) is 0 Å². The Balaban J connectivity index is 1.99. The number of carbonyl (C=O) groups excluding carboxylic acids is 1. The number of halogens is 2. The Bertz CT molecular complexity index is 668. The van der Waals surface area contributed by atoms with Gasteiger partial charge in [-0.3, -0.25) is 4.79 Å². The van der Waals surface area contributed by atoms with E-state index in [1.54, 1.807) is 6.07 Å². The number of amides is 1. The van der Waals surface area contributed by atoms with Crippen molar-refractivity contribution in [2.24, 2.45) is 0 Å². The van der Waals surface area contributed by atoms with E-state index in [9.17, 15) is 4.79 Å². The van der Waals surface area contributed by atoms with Crippen molar-refractivity contribution in [1.82, 2.24) is 0 Å². The van der Waals surface area contributed by atoms with Gasteiger partial charge >= 0.3 is 0 Å². The van der Waals surface area contributed by atoms with Crippen LogP contribution in [-0.4, -0.2) is 5.91 Å². The highest BCUT2D eigenvalue weighted by Gasteiger charge is 2.09. The Hall–Kier alpha value is -1.51. The second kappa shape index (κ2) is 6.97. The summed E-state index contributed by atoms with van der Waals surface area (Å²) >= 11 is 12.1. The van der Waals surface area contributed by atoms with Crippen LogP contribution in [0.1, 0.15) is 23.1 Å². The van der Waals surface area contributed by atoms with Gasteiger partial charge in [-0.2, -0.15) is 0 Å². The van der Waals surface area contributed by atoms with E-state index in [0.29, 0.717) is 22.9 Å². The van der Waals surface area contributed by atoms with Gasteiger partial charge < -0.3 is 5.32 Å². The first-order chi connectivity index (χ1) is 9.97. The van der Waals surface area contributed by atoms with Crippen molar-refractivity contribution >= 4 is 34.8 Å². The van der Waals surface area contributed by atoms with Crippen LogP contribution in [0.2, 0.25) is 10.0 Å². The molecule has 2 aromatic rings. The van der Waals surface area contributed by atoms with Crippen LogP contribution in [-0.2, 0) is 11.2 Å². The molecule has 0 aliphatic heterocycles. The molecule has 4 heteroatoms. The summed E-state index contributed by atoms with van der Waals surface area (Å²) in [6.45, 7) is 3.98. The second-order valence-corrected chi connectivity index (χ2v) is 5.86. The van der Waals surface area contributed by atoms with E-state index in [2.05, 4.69) is 5.32 Å². The van der Waals surface area contributed by atoms with E-state index < -0.39 is 0 Å². The lowest BCUT2D eigenvalue weighted by atomic mass is 10.1. The average Bonchev–Trinajstić information content (AvgIpc) is 2.44. The number of nitrogens with one attached hydrogen (secondary N) is 1. The Morgan fingerprint density at radius 1 is 1.14 bits per heavy atom. The van der Waals surface area contributed by atoms with Gasteiger partial charge in [0.25, 0.3) is 0 Å². The van der Waals surface area contributed by atoms with Gasteiger partial charge in [0.2, 0.25) is 5.91 Å². The van der Waals surface area contributed by atoms with E-state index in [1.165, 1.54) is 0 Å². The molecule has 0 unspecified atom stereocenters. The van der Waals surface area contributed by atoms with Crippen LogP contribution in [0.5, 0.6) is 0 Å². The Morgan fingerprint density at radius 3 is 2.67 bits per heavy atom. The van der Waals surface area contributed by atoms with Gasteiger partial charge in [-0.05, 0) is 49.1 Å². The third-order valence-corrected chi connectivity index (χ3v) is 4.18. The van der Waals surface area contributed by atoms with Crippen LogP contribution in [0.25, 0.3) is 0 Å². The lowest BCUT2D eigenvalue weighted by molar-refractivity contribution is -0.116. The number of rotatable bonds is 4. The zero-order valence-corrected chi connectivity index (χ0v) is 13.6. The Labute approximate surface area is 135 Å². The molecular weight excluding hydrogens is 305 g/mol. The largest absolute Gasteiger partial charge is 0.326 e. The van der Waals surface area contributed by atoms with E-state index >= 15 is 0 Å². The SMILES string of the molecule is Cc1ccc(C)c(NC(=O)CCc2cccc(Cl)c2Cl)c1. The predicted molar refractivity (Wildman–Crippen MR) is 89.3 cm³/mol. The van der Waals surface area contributed by atoms with Crippen LogP contribution >= 0.6 is 23.2 Å². The maximum atomic E-state index is 12.1. The first-order valence-electron chi connectivity index (χ1n) is 6.77. The maximum Gasteiger partial charge on any atom is 0.224 e. The zero-order chi connectivity index (χ0) is 15.4. The van der Waals surface area contributed by atoms with Crippen LogP contribution in [0.15, 0.2) is 36.4 Å². The first-order valence-corrected chi connectivity index (χ1v) is 7.53. The fourth-order valence-electron chi connectivity index (χ4n) is 2.07. The minimum absolute atomic E-state index is 0.0280. The molecule has 0 saturated carbocycles. The van der Waals surface area contributed by atoms with E-state index in [0.717, 1.165) is 22.4 Å². The number of aryl methyl sites for hydroxylation is 3. The molecule has 0 radical (unpaired) electrons. The number of benzene rings is 2. The Morgan fingerprint density at radius 2 is 1.90 bits per heavy atom. The third kappa shape index (κ3) is 4.23. The average molecular weight is 322 g/mol. The number of anilines is 1. The summed E-state index contributed by atoms with van der Waals surface area (Å²) in [5.41, 5.74) is 3.92. The normalized spacial score (nSPS) is 10.5. The molecule has 2 nitrogen and oxygen atoms in total. The van der Waals surface area contributed by atoms with Crippen LogP contribution in [0, 0.1) is 13.8 Å². The molecule has 0 aromatic heterocycles. The predicted octanol–water partition coefficient (Wildman–Crippen LogP) is 5.18. The van der Waals surface area contributed by atoms with Crippen molar-refractivity contribution in [3.05, 3.63) is 63.1 Å². The molecule has 0 fully saturated rings. The molecule has 0 atom stereocenters. The van der Waals surface area contributed by atoms with Crippen molar-refractivity contribution in [3.63, 3.8) is 0 Å². The van der Waals surface area contributed by atoms with Gasteiger partial charge in [0.05, 0.1) is 10.0 Å². The topological polar surface area (TPSA) is 29.1 Å². The summed E-state index contributed by atoms with van der Waals surface area (Å²) in [5, 5.41) is 3.98. The molecule has 0 bridgehead atoms. The van der Waals surface area contributed by atoms with Crippen LogP contribution < -0.4 is 5.32 Å². The number of hydrogen-bond acceptors (Lipinski definition) is 1. The van der Waals surface area contributed by atoms with Gasteiger partial charge in [-0.1, -0.05) is 47.5 Å². The minimum Gasteiger partial charge on any atom is -0.326 e. The van der Waals surface area contributed by atoms with E-state index in [4.69, 9.17) is 23.2 Å². The molecule has 2 rings (SSSR count). The lowest BCUT2D eigenvalue weighted by Gasteiger charge is -2.10. The van der Waals surface area contributed by atoms with Gasteiger partial charge in [0.15, 0.2) is 0 Å². The number of hydrogen-bond donors (Lipinski definition) is 1.